The minimum atomic E-state index is -1.08. The lowest BCUT2D eigenvalue weighted by Gasteiger charge is -2.26. The van der Waals surface area contributed by atoms with Gasteiger partial charge < -0.3 is 35.6 Å². The third kappa shape index (κ3) is 6.72. The molecule has 0 bridgehead atoms. The second kappa shape index (κ2) is 13.7. The number of amides is 1. The van der Waals surface area contributed by atoms with Crippen molar-refractivity contribution in [3.63, 3.8) is 0 Å². The molecule has 7 rings (SSSR count). The van der Waals surface area contributed by atoms with E-state index in [1.54, 1.807) is 6.33 Å². The Morgan fingerprint density at radius 3 is 2.26 bits per heavy atom. The number of aliphatic hydroxyl groups is 2. The molecule has 2 aromatic heterocycles. The van der Waals surface area contributed by atoms with Gasteiger partial charge in [-0.3, -0.25) is 4.79 Å². The number of nitrogens with one attached hydrogen (secondary N) is 3. The fraction of sp³-hybridized carbons (Fsp3) is 0.486. The van der Waals surface area contributed by atoms with Crippen LogP contribution in [0.25, 0.3) is 11.2 Å². The van der Waals surface area contributed by atoms with Gasteiger partial charge in [0.1, 0.15) is 12.2 Å². The predicted octanol–water partition coefficient (Wildman–Crippen LogP) is 3.53. The first-order valence-corrected chi connectivity index (χ1v) is 16.8. The fourth-order valence-electron chi connectivity index (χ4n) is 6.94. The van der Waals surface area contributed by atoms with Crippen molar-refractivity contribution in [3.05, 3.63) is 78.1 Å². The van der Waals surface area contributed by atoms with Gasteiger partial charge in [0.2, 0.25) is 11.9 Å². The van der Waals surface area contributed by atoms with Crippen LogP contribution in [0.3, 0.4) is 0 Å². The van der Waals surface area contributed by atoms with Gasteiger partial charge in [0.25, 0.3) is 0 Å². The normalized spacial score (nSPS) is 23.5. The largest absolute Gasteiger partial charge is 0.388 e. The Morgan fingerprint density at radius 2 is 1.59 bits per heavy atom. The first-order chi connectivity index (χ1) is 22.5. The van der Waals surface area contributed by atoms with Crippen LogP contribution in [-0.2, 0) is 4.79 Å². The lowest BCUT2D eigenvalue weighted by molar-refractivity contribution is -0.123. The number of likely N-dealkylation sites (tertiary alicyclic amines) is 1. The molecule has 2 saturated carbocycles. The van der Waals surface area contributed by atoms with E-state index in [1.165, 1.54) is 30.4 Å². The Hall–Kier alpha value is -4.06. The van der Waals surface area contributed by atoms with Crippen molar-refractivity contribution in [1.29, 1.82) is 0 Å². The van der Waals surface area contributed by atoms with Gasteiger partial charge in [-0.25, -0.2) is 4.98 Å². The maximum Gasteiger partial charge on any atom is 0.226 e. The Balaban J connectivity index is 1.17. The van der Waals surface area contributed by atoms with Gasteiger partial charge >= 0.3 is 0 Å². The number of fused-ring (bicyclic) bond motifs is 1. The number of aliphatic hydroxyl groups excluding tert-OH is 2. The molecule has 46 heavy (non-hydrogen) atoms. The molecule has 1 aliphatic heterocycles. The molecule has 11 heteroatoms. The minimum absolute atomic E-state index is 0.0213. The first-order valence-electron chi connectivity index (χ1n) is 16.8. The van der Waals surface area contributed by atoms with Gasteiger partial charge in [-0.1, -0.05) is 67.1 Å². The fourth-order valence-corrected chi connectivity index (χ4v) is 6.94. The zero-order valence-electron chi connectivity index (χ0n) is 26.1. The van der Waals surface area contributed by atoms with Crippen LogP contribution in [-0.4, -0.2) is 91.5 Å². The Kier molecular flexibility index (Phi) is 9.14. The highest BCUT2D eigenvalue weighted by Crippen LogP contribution is 2.36. The summed E-state index contributed by atoms with van der Waals surface area (Å²) in [5.41, 5.74) is 3.55. The zero-order valence-corrected chi connectivity index (χ0v) is 26.1. The number of carbonyl (C=O) groups is 1. The summed E-state index contributed by atoms with van der Waals surface area (Å²) in [7, 11) is 0. The van der Waals surface area contributed by atoms with E-state index in [4.69, 9.17) is 15.0 Å². The third-order valence-corrected chi connectivity index (χ3v) is 9.74. The summed E-state index contributed by atoms with van der Waals surface area (Å²) in [5, 5.41) is 32.1. The van der Waals surface area contributed by atoms with Crippen molar-refractivity contribution in [2.45, 2.75) is 68.7 Å². The van der Waals surface area contributed by atoms with Gasteiger partial charge in [-0.2, -0.15) is 9.97 Å². The summed E-state index contributed by atoms with van der Waals surface area (Å²) in [6, 6.07) is 19.8. The van der Waals surface area contributed by atoms with Crippen LogP contribution < -0.4 is 16.0 Å². The maximum absolute atomic E-state index is 12.5. The van der Waals surface area contributed by atoms with Crippen LogP contribution >= 0.6 is 0 Å². The molecule has 3 fully saturated rings. The maximum atomic E-state index is 12.5. The van der Waals surface area contributed by atoms with Crippen LogP contribution in [0.5, 0.6) is 0 Å². The Morgan fingerprint density at radius 1 is 0.891 bits per heavy atom. The molecule has 3 heterocycles. The number of hydrogen-bond donors (Lipinski definition) is 5. The van der Waals surface area contributed by atoms with E-state index >= 15 is 0 Å². The third-order valence-electron chi connectivity index (χ3n) is 9.74. The Bertz CT molecular complexity index is 1570. The van der Waals surface area contributed by atoms with Crippen LogP contribution in [0, 0.1) is 5.92 Å². The summed E-state index contributed by atoms with van der Waals surface area (Å²) in [4.78, 5) is 29.5. The van der Waals surface area contributed by atoms with Crippen molar-refractivity contribution in [2.24, 2.45) is 5.92 Å². The van der Waals surface area contributed by atoms with Gasteiger partial charge in [0, 0.05) is 31.5 Å². The Labute approximate surface area is 269 Å². The van der Waals surface area contributed by atoms with E-state index in [1.807, 2.05) is 16.7 Å². The molecule has 3 aliphatic rings. The molecule has 4 atom stereocenters. The summed E-state index contributed by atoms with van der Waals surface area (Å²) >= 11 is 0. The second-order valence-corrected chi connectivity index (χ2v) is 13.0. The number of imidazole rings is 1. The molecular formula is C35H44N8O3. The van der Waals surface area contributed by atoms with Crippen molar-refractivity contribution in [3.8, 4) is 0 Å². The molecule has 242 valence electrons. The van der Waals surface area contributed by atoms with E-state index in [2.05, 4.69) is 69.4 Å². The summed E-state index contributed by atoms with van der Waals surface area (Å²) < 4.78 is 1.83. The highest BCUT2D eigenvalue weighted by Gasteiger charge is 2.45. The highest BCUT2D eigenvalue weighted by atomic mass is 16.3. The lowest BCUT2D eigenvalue weighted by atomic mass is 9.91. The number of hydrogen-bond acceptors (Lipinski definition) is 9. The molecule has 0 spiro atoms. The number of benzene rings is 2. The monoisotopic (exact) mass is 624 g/mol. The smallest absolute Gasteiger partial charge is 0.226 e. The molecule has 1 saturated heterocycles. The SMILES string of the molecule is O=C(N[C@H]1C[C@@H](n2cnc3c(NCC(c4ccccc4)c4ccccc4)nc(NCCN4CCCCC4)nc32)[C@H](O)[C@@H]1O)C1CC1. The van der Waals surface area contributed by atoms with E-state index in [-0.39, 0.29) is 17.7 Å². The molecule has 0 unspecified atom stereocenters. The molecule has 2 aliphatic carbocycles. The van der Waals surface area contributed by atoms with Crippen LogP contribution in [0.1, 0.15) is 61.6 Å². The number of anilines is 2. The zero-order chi connectivity index (χ0) is 31.5. The summed E-state index contributed by atoms with van der Waals surface area (Å²) in [6.45, 7) is 4.42. The average molecular weight is 625 g/mol. The number of aromatic nitrogens is 4. The van der Waals surface area contributed by atoms with Gasteiger partial charge in [0.15, 0.2) is 17.0 Å². The van der Waals surface area contributed by atoms with Crippen LogP contribution in [0.4, 0.5) is 11.8 Å². The molecule has 5 N–H and O–H groups in total. The minimum Gasteiger partial charge on any atom is -0.388 e. The quantitative estimate of drug-likeness (QED) is 0.160. The number of carbonyl (C=O) groups excluding carboxylic acids is 1. The van der Waals surface area contributed by atoms with Crippen molar-refractivity contribution < 1.29 is 15.0 Å². The predicted molar refractivity (Wildman–Crippen MR) is 178 cm³/mol. The topological polar surface area (TPSA) is 140 Å². The van der Waals surface area contributed by atoms with Crippen LogP contribution in [0.15, 0.2) is 67.0 Å². The van der Waals surface area contributed by atoms with Crippen LogP contribution in [0.2, 0.25) is 0 Å². The summed E-state index contributed by atoms with van der Waals surface area (Å²) in [6.07, 6.45) is 5.40. The molecule has 4 aromatic rings. The van der Waals surface area contributed by atoms with E-state index in [0.29, 0.717) is 42.4 Å². The van der Waals surface area contributed by atoms with Crippen molar-refractivity contribution in [1.82, 2.24) is 29.7 Å². The number of piperidine rings is 1. The highest BCUT2D eigenvalue weighted by molar-refractivity contribution is 5.84. The molecule has 2 aromatic carbocycles. The first kappa shape index (κ1) is 30.6. The second-order valence-electron chi connectivity index (χ2n) is 13.0. The standard InChI is InChI=1S/C35H44N8O3/c44-30-27(39-34(46)25-14-15-25)20-28(31(30)45)43-22-38-29-32(40-35(41-33(29)43)36-16-19-42-17-8-3-9-18-42)37-21-26(23-10-4-1-5-11-23)24-12-6-2-7-13-24/h1-2,4-7,10-13,22,25-28,30-31,44-45H,3,8-9,14-21H2,(H,39,46)(H2,36,37,40,41)/t27-,28+,30+,31-/m0/s1. The van der Waals surface area contributed by atoms with E-state index < -0.39 is 24.3 Å². The van der Waals surface area contributed by atoms with E-state index in [0.717, 1.165) is 32.5 Å². The number of nitrogens with zero attached hydrogens (tertiary/aromatic N) is 5. The molecular weight excluding hydrogens is 580 g/mol. The lowest BCUT2D eigenvalue weighted by Crippen LogP contribution is -2.43. The number of rotatable bonds is 12. The van der Waals surface area contributed by atoms with Gasteiger partial charge in [-0.15, -0.1) is 0 Å². The average Bonchev–Trinajstić information content (AvgIpc) is 3.81. The van der Waals surface area contributed by atoms with Gasteiger partial charge in [0.05, 0.1) is 18.4 Å². The molecule has 11 nitrogen and oxygen atoms in total. The summed E-state index contributed by atoms with van der Waals surface area (Å²) in [5.74, 6) is 1.14. The molecule has 1 amide bonds. The molecule has 0 radical (unpaired) electrons. The van der Waals surface area contributed by atoms with E-state index in [9.17, 15) is 15.0 Å². The van der Waals surface area contributed by atoms with Crippen molar-refractivity contribution >= 4 is 28.8 Å². The van der Waals surface area contributed by atoms with Gasteiger partial charge in [-0.05, 0) is 56.3 Å². The van der Waals surface area contributed by atoms with Crippen molar-refractivity contribution in [2.75, 3.05) is 43.4 Å².